The molecule has 0 saturated carbocycles. The van der Waals surface area contributed by atoms with E-state index in [0.717, 1.165) is 26.9 Å². The van der Waals surface area contributed by atoms with Crippen LogP contribution >= 0.6 is 11.3 Å². The fourth-order valence-corrected chi connectivity index (χ4v) is 3.26. The minimum Gasteiger partial charge on any atom is -0.469 e. The number of rotatable bonds is 3. The molecule has 1 aromatic carbocycles. The first-order valence-electron chi connectivity index (χ1n) is 7.64. The predicted octanol–water partition coefficient (Wildman–Crippen LogP) is 4.54. The average Bonchev–Trinajstić information content (AvgIpc) is 3.24. The topological polar surface area (TPSA) is 56.2 Å². The molecule has 3 aromatic heterocycles. The largest absolute Gasteiger partial charge is 0.469 e. The summed E-state index contributed by atoms with van der Waals surface area (Å²) >= 11 is 1.51. The van der Waals surface area contributed by atoms with Crippen molar-refractivity contribution in [1.29, 1.82) is 0 Å². The molecular formula is C18H16N4OS. The molecular weight excluding hydrogens is 320 g/mol. The summed E-state index contributed by atoms with van der Waals surface area (Å²) in [5.41, 5.74) is 4.66. The van der Waals surface area contributed by atoms with Gasteiger partial charge in [-0.3, -0.25) is 0 Å². The molecule has 3 heterocycles. The van der Waals surface area contributed by atoms with Crippen molar-refractivity contribution in [2.45, 2.75) is 20.8 Å². The van der Waals surface area contributed by atoms with Gasteiger partial charge in [0.15, 0.2) is 5.82 Å². The maximum atomic E-state index is 5.35. The first kappa shape index (κ1) is 14.8. The van der Waals surface area contributed by atoms with Gasteiger partial charge in [0.2, 0.25) is 4.96 Å². The third-order valence-corrected chi connectivity index (χ3v) is 4.92. The molecule has 0 N–H and O–H groups in total. The normalized spacial score (nSPS) is 11.8. The molecule has 0 spiro atoms. The van der Waals surface area contributed by atoms with Gasteiger partial charge in [0.05, 0.1) is 11.8 Å². The molecule has 4 aromatic rings. The molecule has 24 heavy (non-hydrogen) atoms. The van der Waals surface area contributed by atoms with E-state index in [4.69, 9.17) is 4.42 Å². The van der Waals surface area contributed by atoms with Crippen LogP contribution in [0.4, 0.5) is 0 Å². The van der Waals surface area contributed by atoms with Crippen molar-refractivity contribution >= 4 is 28.4 Å². The minimum absolute atomic E-state index is 0.707. The summed E-state index contributed by atoms with van der Waals surface area (Å²) < 4.78 is 7.12. The van der Waals surface area contributed by atoms with Crippen LogP contribution in [0.15, 0.2) is 34.9 Å². The SMILES string of the molecule is Cc1ccc(/C=C/c2nn3c(-c4ccoc4C)nnc3s2)cc1C. The van der Waals surface area contributed by atoms with Crippen LogP contribution in [0.3, 0.4) is 0 Å². The third-order valence-electron chi connectivity index (χ3n) is 4.06. The van der Waals surface area contributed by atoms with Crippen LogP contribution in [-0.2, 0) is 0 Å². The van der Waals surface area contributed by atoms with Crippen molar-refractivity contribution in [2.75, 3.05) is 0 Å². The van der Waals surface area contributed by atoms with E-state index in [0.29, 0.717) is 5.82 Å². The van der Waals surface area contributed by atoms with Crippen LogP contribution in [0.25, 0.3) is 28.5 Å². The summed E-state index contributed by atoms with van der Waals surface area (Å²) in [4.78, 5) is 0.769. The minimum atomic E-state index is 0.707. The molecule has 0 aliphatic heterocycles. The van der Waals surface area contributed by atoms with Crippen LogP contribution in [0.1, 0.15) is 27.5 Å². The van der Waals surface area contributed by atoms with Gasteiger partial charge in [-0.1, -0.05) is 35.6 Å². The highest BCUT2D eigenvalue weighted by atomic mass is 32.1. The molecule has 0 atom stereocenters. The molecule has 120 valence electrons. The molecule has 0 amide bonds. The number of hydrogen-bond acceptors (Lipinski definition) is 5. The van der Waals surface area contributed by atoms with Crippen molar-refractivity contribution in [3.63, 3.8) is 0 Å². The lowest BCUT2D eigenvalue weighted by atomic mass is 10.1. The highest BCUT2D eigenvalue weighted by molar-refractivity contribution is 7.17. The van der Waals surface area contributed by atoms with E-state index in [1.807, 2.05) is 19.1 Å². The van der Waals surface area contributed by atoms with Crippen LogP contribution in [-0.4, -0.2) is 19.8 Å². The molecule has 0 unspecified atom stereocenters. The fraction of sp³-hybridized carbons (Fsp3) is 0.167. The van der Waals surface area contributed by atoms with E-state index in [-0.39, 0.29) is 0 Å². The Kier molecular flexibility index (Phi) is 3.54. The smallest absolute Gasteiger partial charge is 0.235 e. The summed E-state index contributed by atoms with van der Waals surface area (Å²) in [6.45, 7) is 6.14. The second-order valence-electron chi connectivity index (χ2n) is 5.73. The molecule has 0 aliphatic carbocycles. The highest BCUT2D eigenvalue weighted by Crippen LogP contribution is 2.25. The fourth-order valence-electron chi connectivity index (χ4n) is 2.52. The van der Waals surface area contributed by atoms with Crippen molar-refractivity contribution in [3.05, 3.63) is 58.0 Å². The zero-order valence-electron chi connectivity index (χ0n) is 13.6. The number of furan rings is 1. The molecule has 0 aliphatic rings. The van der Waals surface area contributed by atoms with Crippen molar-refractivity contribution in [1.82, 2.24) is 19.8 Å². The van der Waals surface area contributed by atoms with Gasteiger partial charge in [-0.2, -0.15) is 9.61 Å². The summed E-state index contributed by atoms with van der Waals surface area (Å²) in [6, 6.07) is 8.30. The Morgan fingerprint density at radius 3 is 2.67 bits per heavy atom. The van der Waals surface area contributed by atoms with E-state index in [9.17, 15) is 0 Å². The number of aryl methyl sites for hydroxylation is 3. The molecule has 6 heteroatoms. The van der Waals surface area contributed by atoms with Gasteiger partial charge in [0, 0.05) is 0 Å². The summed E-state index contributed by atoms with van der Waals surface area (Å²) in [5.74, 6) is 1.52. The first-order valence-corrected chi connectivity index (χ1v) is 8.45. The predicted molar refractivity (Wildman–Crippen MR) is 95.9 cm³/mol. The number of fused-ring (bicyclic) bond motifs is 1. The second kappa shape index (κ2) is 5.72. The van der Waals surface area contributed by atoms with Gasteiger partial charge < -0.3 is 4.42 Å². The van der Waals surface area contributed by atoms with Crippen molar-refractivity contribution in [3.8, 4) is 11.4 Å². The van der Waals surface area contributed by atoms with Crippen LogP contribution in [0.2, 0.25) is 0 Å². The number of nitrogens with zero attached hydrogens (tertiary/aromatic N) is 4. The monoisotopic (exact) mass is 336 g/mol. The maximum absolute atomic E-state index is 5.35. The summed E-state index contributed by atoms with van der Waals surface area (Å²) in [6.07, 6.45) is 5.73. The zero-order chi connectivity index (χ0) is 16.7. The van der Waals surface area contributed by atoms with E-state index < -0.39 is 0 Å². The molecule has 0 fully saturated rings. The van der Waals surface area contributed by atoms with Gasteiger partial charge in [-0.05, 0) is 49.6 Å². The van der Waals surface area contributed by atoms with Crippen molar-refractivity contribution < 1.29 is 4.42 Å². The highest BCUT2D eigenvalue weighted by Gasteiger charge is 2.15. The number of hydrogen-bond donors (Lipinski definition) is 0. The third kappa shape index (κ3) is 2.55. The standard InChI is InChI=1S/C18H16N4OS/c1-11-4-5-14(10-12(11)2)6-7-16-21-22-17(19-20-18(22)24-16)15-8-9-23-13(15)3/h4-10H,1-3H3/b7-6+. The van der Waals surface area contributed by atoms with E-state index >= 15 is 0 Å². The van der Waals surface area contributed by atoms with Crippen LogP contribution in [0, 0.1) is 20.8 Å². The zero-order valence-corrected chi connectivity index (χ0v) is 14.5. The summed E-state index contributed by atoms with van der Waals surface area (Å²) in [7, 11) is 0. The Balaban J connectivity index is 1.68. The van der Waals surface area contributed by atoms with Crippen molar-refractivity contribution in [2.24, 2.45) is 0 Å². The van der Waals surface area contributed by atoms with Crippen LogP contribution < -0.4 is 0 Å². The molecule has 0 radical (unpaired) electrons. The Bertz CT molecular complexity index is 1050. The lowest BCUT2D eigenvalue weighted by molar-refractivity contribution is 0.535. The second-order valence-corrected chi connectivity index (χ2v) is 6.71. The van der Waals surface area contributed by atoms with E-state index in [2.05, 4.69) is 53.4 Å². The van der Waals surface area contributed by atoms with E-state index in [1.54, 1.807) is 10.8 Å². The maximum Gasteiger partial charge on any atom is 0.235 e. The Morgan fingerprint density at radius 1 is 1.04 bits per heavy atom. The first-order chi connectivity index (χ1) is 11.6. The number of aromatic nitrogens is 4. The van der Waals surface area contributed by atoms with Gasteiger partial charge >= 0.3 is 0 Å². The lowest BCUT2D eigenvalue weighted by Crippen LogP contribution is -1.90. The van der Waals surface area contributed by atoms with Crippen LogP contribution in [0.5, 0.6) is 0 Å². The van der Waals surface area contributed by atoms with Gasteiger partial charge in [-0.15, -0.1) is 10.2 Å². The lowest BCUT2D eigenvalue weighted by Gasteiger charge is -2.00. The van der Waals surface area contributed by atoms with Gasteiger partial charge in [-0.25, -0.2) is 0 Å². The quantitative estimate of drug-likeness (QED) is 0.551. The molecule has 0 saturated heterocycles. The molecule has 4 rings (SSSR count). The van der Waals surface area contributed by atoms with E-state index in [1.165, 1.54) is 22.5 Å². The Morgan fingerprint density at radius 2 is 1.92 bits per heavy atom. The van der Waals surface area contributed by atoms with Gasteiger partial charge in [0.25, 0.3) is 0 Å². The average molecular weight is 336 g/mol. The molecule has 5 nitrogen and oxygen atoms in total. The Labute approximate surface area is 143 Å². The van der Waals surface area contributed by atoms with Gasteiger partial charge in [0.1, 0.15) is 10.8 Å². The summed E-state index contributed by atoms with van der Waals surface area (Å²) in [5, 5.41) is 13.9. The number of benzene rings is 1. The Hall–Kier alpha value is -2.73. The molecule has 0 bridgehead atoms.